The summed E-state index contributed by atoms with van der Waals surface area (Å²) in [4.78, 5) is 1.92. The highest BCUT2D eigenvalue weighted by Gasteiger charge is 2.27. The fraction of sp³-hybridized carbons (Fsp3) is 0.467. The molecule has 1 aliphatic carbocycles. The van der Waals surface area contributed by atoms with Crippen LogP contribution < -0.4 is 0 Å². The van der Waals surface area contributed by atoms with Crippen LogP contribution in [0.15, 0.2) is 48.0 Å². The molecule has 5 heteroatoms. The molecule has 3 rings (SSSR count). The van der Waals surface area contributed by atoms with Crippen molar-refractivity contribution in [3.05, 3.63) is 48.0 Å². The van der Waals surface area contributed by atoms with Gasteiger partial charge in [0, 0.05) is 6.42 Å². The number of rotatable bonds is 4. The molecule has 3 aliphatic rings. The van der Waals surface area contributed by atoms with Gasteiger partial charge in [-0.25, -0.2) is 0 Å². The molecular formula is C15H19NO4. The first-order chi connectivity index (χ1) is 9.85. The average Bonchev–Trinajstić information content (AvgIpc) is 2.98. The van der Waals surface area contributed by atoms with Gasteiger partial charge in [-0.3, -0.25) is 0 Å². The molecule has 1 atom stereocenters. The van der Waals surface area contributed by atoms with E-state index in [1.165, 1.54) is 5.57 Å². The van der Waals surface area contributed by atoms with E-state index in [1.54, 1.807) is 12.5 Å². The van der Waals surface area contributed by atoms with E-state index in [0.29, 0.717) is 19.2 Å². The van der Waals surface area contributed by atoms with E-state index in [4.69, 9.17) is 19.3 Å². The molecule has 0 aromatic heterocycles. The number of aliphatic hydroxyl groups excluding tert-OH is 1. The smallest absolute Gasteiger partial charge is 0.233 e. The van der Waals surface area contributed by atoms with Crippen LogP contribution in [0.25, 0.3) is 0 Å². The second kappa shape index (κ2) is 6.15. The van der Waals surface area contributed by atoms with Gasteiger partial charge in [0.25, 0.3) is 0 Å². The molecule has 1 N–H and O–H groups in total. The summed E-state index contributed by atoms with van der Waals surface area (Å²) in [6, 6.07) is 0. The minimum Gasteiger partial charge on any atom is -0.464 e. The Hall–Kier alpha value is -1.72. The van der Waals surface area contributed by atoms with Gasteiger partial charge >= 0.3 is 0 Å². The van der Waals surface area contributed by atoms with Crippen LogP contribution in [0, 0.1) is 0 Å². The maximum absolute atomic E-state index is 9.08. The summed E-state index contributed by atoms with van der Waals surface area (Å²) in [7, 11) is 0. The Balaban J connectivity index is 1.56. The quantitative estimate of drug-likeness (QED) is 0.851. The first-order valence-electron chi connectivity index (χ1n) is 6.89. The molecule has 0 amide bonds. The van der Waals surface area contributed by atoms with Crippen molar-refractivity contribution >= 4 is 0 Å². The molecule has 0 bridgehead atoms. The second-order valence-electron chi connectivity index (χ2n) is 5.07. The molecule has 0 radical (unpaired) electrons. The van der Waals surface area contributed by atoms with Gasteiger partial charge in [0.1, 0.15) is 24.9 Å². The first-order valence-corrected chi connectivity index (χ1v) is 6.89. The van der Waals surface area contributed by atoms with Gasteiger partial charge in [-0.15, -0.1) is 0 Å². The van der Waals surface area contributed by atoms with Crippen LogP contribution in [0.4, 0.5) is 0 Å². The van der Waals surface area contributed by atoms with Gasteiger partial charge in [-0.05, 0) is 12.8 Å². The van der Waals surface area contributed by atoms with E-state index < -0.39 is 0 Å². The number of allylic oxidation sites excluding steroid dienone is 4. The zero-order valence-corrected chi connectivity index (χ0v) is 11.3. The minimum absolute atomic E-state index is 0.0204. The van der Waals surface area contributed by atoms with Crippen LogP contribution in [-0.2, 0) is 14.2 Å². The topological polar surface area (TPSA) is 51.2 Å². The van der Waals surface area contributed by atoms with Crippen LogP contribution in [-0.4, -0.2) is 36.0 Å². The molecule has 20 heavy (non-hydrogen) atoms. The number of aliphatic hydroxyl groups is 1. The van der Waals surface area contributed by atoms with Crippen molar-refractivity contribution in [1.29, 1.82) is 0 Å². The lowest BCUT2D eigenvalue weighted by Gasteiger charge is -2.24. The fourth-order valence-electron chi connectivity index (χ4n) is 2.40. The molecule has 0 aromatic carbocycles. The maximum Gasteiger partial charge on any atom is 0.233 e. The Morgan fingerprint density at radius 3 is 3.05 bits per heavy atom. The zero-order chi connectivity index (χ0) is 13.8. The predicted octanol–water partition coefficient (Wildman–Crippen LogP) is 1.99. The normalized spacial score (nSPS) is 25.6. The molecule has 108 valence electrons. The lowest BCUT2D eigenvalue weighted by Crippen LogP contribution is -2.25. The fourth-order valence-corrected chi connectivity index (χ4v) is 2.40. The summed E-state index contributed by atoms with van der Waals surface area (Å²) < 4.78 is 16.6. The van der Waals surface area contributed by atoms with Gasteiger partial charge < -0.3 is 24.2 Å². The Morgan fingerprint density at radius 2 is 2.30 bits per heavy atom. The minimum atomic E-state index is -0.153. The summed E-state index contributed by atoms with van der Waals surface area (Å²) in [6.45, 7) is 1.05. The molecular weight excluding hydrogens is 258 g/mol. The van der Waals surface area contributed by atoms with Gasteiger partial charge in [-0.2, -0.15) is 0 Å². The Kier molecular flexibility index (Phi) is 4.08. The standard InChI is InChI=1S/C15H19NO4/c17-8-14-7-16(11-19-14)15-10-18-9-13(20-15)6-12-4-2-1-3-5-12/h1-2,4,9-10,14,17H,3,5-8,11H2. The van der Waals surface area contributed by atoms with Crippen molar-refractivity contribution in [2.45, 2.75) is 25.4 Å². The van der Waals surface area contributed by atoms with Crippen LogP contribution in [0.1, 0.15) is 19.3 Å². The van der Waals surface area contributed by atoms with Crippen LogP contribution >= 0.6 is 0 Å². The summed E-state index contributed by atoms with van der Waals surface area (Å²) >= 11 is 0. The Labute approximate surface area is 118 Å². The number of ether oxygens (including phenoxy) is 3. The van der Waals surface area contributed by atoms with E-state index in [0.717, 1.165) is 25.0 Å². The van der Waals surface area contributed by atoms with E-state index in [9.17, 15) is 0 Å². The molecule has 1 fully saturated rings. The van der Waals surface area contributed by atoms with E-state index in [2.05, 4.69) is 18.2 Å². The predicted molar refractivity (Wildman–Crippen MR) is 72.9 cm³/mol. The zero-order valence-electron chi connectivity index (χ0n) is 11.3. The van der Waals surface area contributed by atoms with Crippen LogP contribution in [0.5, 0.6) is 0 Å². The van der Waals surface area contributed by atoms with Crippen molar-refractivity contribution in [3.63, 3.8) is 0 Å². The third-order valence-electron chi connectivity index (χ3n) is 3.51. The summed E-state index contributed by atoms with van der Waals surface area (Å²) in [5, 5.41) is 9.08. The van der Waals surface area contributed by atoms with Crippen molar-refractivity contribution in [3.8, 4) is 0 Å². The first kappa shape index (κ1) is 13.3. The summed E-state index contributed by atoms with van der Waals surface area (Å²) in [6.07, 6.45) is 12.4. The molecule has 2 heterocycles. The van der Waals surface area contributed by atoms with Crippen LogP contribution in [0.3, 0.4) is 0 Å². The number of nitrogens with zero attached hydrogens (tertiary/aromatic N) is 1. The molecule has 5 nitrogen and oxygen atoms in total. The third kappa shape index (κ3) is 3.05. The monoisotopic (exact) mass is 277 g/mol. The lowest BCUT2D eigenvalue weighted by molar-refractivity contribution is 0.0447. The summed E-state index contributed by atoms with van der Waals surface area (Å²) in [5.74, 6) is 1.45. The molecule has 0 spiro atoms. The summed E-state index contributed by atoms with van der Waals surface area (Å²) in [5.41, 5.74) is 1.34. The largest absolute Gasteiger partial charge is 0.464 e. The van der Waals surface area contributed by atoms with Gasteiger partial charge in [-0.1, -0.05) is 23.8 Å². The van der Waals surface area contributed by atoms with E-state index in [-0.39, 0.29) is 12.7 Å². The Morgan fingerprint density at radius 1 is 1.35 bits per heavy atom. The average molecular weight is 277 g/mol. The van der Waals surface area contributed by atoms with Crippen molar-refractivity contribution in [1.82, 2.24) is 4.90 Å². The maximum atomic E-state index is 9.08. The Bertz CT molecular complexity index is 478. The van der Waals surface area contributed by atoms with E-state index >= 15 is 0 Å². The number of hydrogen-bond acceptors (Lipinski definition) is 5. The van der Waals surface area contributed by atoms with Gasteiger partial charge in [0.2, 0.25) is 5.88 Å². The van der Waals surface area contributed by atoms with E-state index in [1.807, 2.05) is 4.90 Å². The van der Waals surface area contributed by atoms with Gasteiger partial charge in [0.05, 0.1) is 13.2 Å². The highest BCUT2D eigenvalue weighted by atomic mass is 16.6. The van der Waals surface area contributed by atoms with Crippen molar-refractivity contribution < 1.29 is 19.3 Å². The van der Waals surface area contributed by atoms with Gasteiger partial charge in [0.15, 0.2) is 6.26 Å². The van der Waals surface area contributed by atoms with Crippen LogP contribution in [0.2, 0.25) is 0 Å². The molecule has 2 aliphatic heterocycles. The molecule has 0 saturated carbocycles. The SMILES string of the molecule is OCC1CN(C2=COC=C(CC3=CC=CCC3)O2)CO1. The molecule has 0 aromatic rings. The lowest BCUT2D eigenvalue weighted by atomic mass is 10.0. The number of hydrogen-bond donors (Lipinski definition) is 1. The van der Waals surface area contributed by atoms with Crippen molar-refractivity contribution in [2.24, 2.45) is 0 Å². The highest BCUT2D eigenvalue weighted by molar-refractivity contribution is 5.22. The van der Waals surface area contributed by atoms with Crippen molar-refractivity contribution in [2.75, 3.05) is 19.9 Å². The highest BCUT2D eigenvalue weighted by Crippen LogP contribution is 2.27. The molecule has 1 saturated heterocycles. The third-order valence-corrected chi connectivity index (χ3v) is 3.51. The molecule has 1 unspecified atom stereocenters. The second-order valence-corrected chi connectivity index (χ2v) is 5.07.